The number of anilines is 3. The van der Waals surface area contributed by atoms with Gasteiger partial charge in [0.25, 0.3) is 0 Å². The number of fused-ring (bicyclic) bond motifs is 1. The van der Waals surface area contributed by atoms with Crippen molar-refractivity contribution in [1.29, 1.82) is 0 Å². The summed E-state index contributed by atoms with van der Waals surface area (Å²) >= 11 is 0. The van der Waals surface area contributed by atoms with Crippen LogP contribution in [0, 0.1) is 13.8 Å². The number of carbonyl (C=O) groups excluding carboxylic acids is 1. The molecule has 1 fully saturated rings. The maximum Gasteiger partial charge on any atom is 0.228 e. The van der Waals surface area contributed by atoms with Crippen LogP contribution in [0.15, 0.2) is 61.1 Å². The molecule has 0 spiro atoms. The van der Waals surface area contributed by atoms with Crippen LogP contribution in [0.4, 0.5) is 17.5 Å². The number of aryl methyl sites for hydroxylation is 3. The third-order valence-corrected chi connectivity index (χ3v) is 7.36. The van der Waals surface area contributed by atoms with E-state index in [1.54, 1.807) is 6.20 Å². The first-order chi connectivity index (χ1) is 20.4. The summed E-state index contributed by atoms with van der Waals surface area (Å²) in [5.41, 5.74) is 6.16. The Balaban J connectivity index is 0.000000189. The molecule has 1 saturated heterocycles. The number of aromatic nitrogens is 6. The van der Waals surface area contributed by atoms with Gasteiger partial charge in [-0.05, 0) is 44.4 Å². The number of hydrogen-bond donors (Lipinski definition) is 3. The molecule has 1 aliphatic heterocycles. The number of para-hydroxylation sites is 1. The van der Waals surface area contributed by atoms with Crippen molar-refractivity contribution < 1.29 is 9.53 Å². The van der Waals surface area contributed by atoms with Crippen LogP contribution >= 0.6 is 0 Å². The fourth-order valence-electron chi connectivity index (χ4n) is 4.97. The van der Waals surface area contributed by atoms with Crippen molar-refractivity contribution in [2.24, 2.45) is 7.05 Å². The lowest BCUT2D eigenvalue weighted by Crippen LogP contribution is -2.39. The molecule has 0 atom stereocenters. The summed E-state index contributed by atoms with van der Waals surface area (Å²) in [5.74, 6) is 1.95. The monoisotopic (exact) mass is 567 g/mol. The largest absolute Gasteiger partial charge is 0.474 e. The Kier molecular flexibility index (Phi) is 9.08. The maximum atomic E-state index is 10.4. The highest BCUT2D eigenvalue weighted by Gasteiger charge is 2.20. The van der Waals surface area contributed by atoms with E-state index in [0.29, 0.717) is 18.4 Å². The number of piperidine rings is 1. The molecule has 0 saturated carbocycles. The van der Waals surface area contributed by atoms with Crippen molar-refractivity contribution in [3.63, 3.8) is 0 Å². The molecule has 6 rings (SSSR count). The molecule has 0 bridgehead atoms. The van der Waals surface area contributed by atoms with Crippen molar-refractivity contribution in [1.82, 2.24) is 34.6 Å². The molecule has 218 valence electrons. The van der Waals surface area contributed by atoms with Gasteiger partial charge in [-0.2, -0.15) is 5.10 Å². The predicted octanol–water partition coefficient (Wildman–Crippen LogP) is 4.88. The summed E-state index contributed by atoms with van der Waals surface area (Å²) in [6.45, 7) is 6.42. The minimum Gasteiger partial charge on any atom is -0.474 e. The summed E-state index contributed by atoms with van der Waals surface area (Å²) in [6.07, 6.45) is 8.68. The Morgan fingerprint density at radius 1 is 1.12 bits per heavy atom. The minimum absolute atomic E-state index is 0.234. The second kappa shape index (κ2) is 13.3. The van der Waals surface area contributed by atoms with Crippen LogP contribution in [-0.4, -0.2) is 73.7 Å². The fourth-order valence-corrected chi connectivity index (χ4v) is 4.97. The zero-order valence-electron chi connectivity index (χ0n) is 24.5. The number of ether oxygens (including phenoxy) is 1. The van der Waals surface area contributed by atoms with E-state index in [1.807, 2.05) is 81.4 Å². The Hall–Kier alpha value is -4.77. The second-order valence-electron chi connectivity index (χ2n) is 10.3. The molecule has 5 heterocycles. The molecule has 1 aromatic carbocycles. The standard InChI is InChI=1S/C19H21N7.C12H16N2O2/c1-11-9-22-19(23-16-8-12(2)26(4)25-16)24-17(11)14-10-21-18-13(14)6-5-7-15(18)20-3;15-10-9-14-7-4-11(5-8-14)16-12-3-1-2-6-13-12/h5-10,20-21H,1-4H3,(H,22,23,24,25);1-3,6,10-11H,4-5,7-9H2. The number of benzene rings is 1. The number of hydrogen-bond acceptors (Lipinski definition) is 9. The first-order valence-corrected chi connectivity index (χ1v) is 14.1. The number of aldehydes is 1. The number of aromatic amines is 1. The molecule has 1 aliphatic rings. The molecule has 11 nitrogen and oxygen atoms in total. The summed E-state index contributed by atoms with van der Waals surface area (Å²) in [7, 11) is 3.83. The van der Waals surface area contributed by atoms with Gasteiger partial charge in [0.05, 0.1) is 23.4 Å². The van der Waals surface area contributed by atoms with Crippen molar-refractivity contribution >= 4 is 34.6 Å². The summed E-state index contributed by atoms with van der Waals surface area (Å²) in [4.78, 5) is 29.1. The number of nitrogens with one attached hydrogen (secondary N) is 3. The first kappa shape index (κ1) is 28.7. The number of rotatable bonds is 8. The fraction of sp³-hybridized carbons (Fsp3) is 0.323. The van der Waals surface area contributed by atoms with Crippen molar-refractivity contribution in [2.75, 3.05) is 37.3 Å². The zero-order valence-corrected chi connectivity index (χ0v) is 24.5. The van der Waals surface area contributed by atoms with Gasteiger partial charge in [-0.15, -0.1) is 0 Å². The predicted molar refractivity (Wildman–Crippen MR) is 165 cm³/mol. The van der Waals surface area contributed by atoms with Gasteiger partial charge in [0.2, 0.25) is 11.8 Å². The third kappa shape index (κ3) is 6.74. The number of pyridine rings is 1. The van der Waals surface area contributed by atoms with E-state index in [2.05, 4.69) is 41.7 Å². The van der Waals surface area contributed by atoms with E-state index in [-0.39, 0.29) is 6.10 Å². The van der Waals surface area contributed by atoms with Gasteiger partial charge in [-0.25, -0.2) is 15.0 Å². The summed E-state index contributed by atoms with van der Waals surface area (Å²) in [5, 5.41) is 11.9. The third-order valence-electron chi connectivity index (χ3n) is 7.36. The van der Waals surface area contributed by atoms with E-state index in [4.69, 9.17) is 9.72 Å². The molecule has 4 aromatic heterocycles. The molecule has 0 radical (unpaired) electrons. The molecule has 3 N–H and O–H groups in total. The number of likely N-dealkylation sites (tertiary alicyclic amines) is 1. The summed E-state index contributed by atoms with van der Waals surface area (Å²) in [6, 6.07) is 13.8. The first-order valence-electron chi connectivity index (χ1n) is 14.1. The lowest BCUT2D eigenvalue weighted by molar-refractivity contribution is -0.109. The Morgan fingerprint density at radius 2 is 1.95 bits per heavy atom. The van der Waals surface area contributed by atoms with Crippen LogP contribution in [0.3, 0.4) is 0 Å². The van der Waals surface area contributed by atoms with Gasteiger partial charge in [-0.3, -0.25) is 9.58 Å². The number of carbonyl (C=O) groups is 1. The lowest BCUT2D eigenvalue weighted by atomic mass is 10.1. The summed E-state index contributed by atoms with van der Waals surface area (Å²) < 4.78 is 7.57. The van der Waals surface area contributed by atoms with E-state index >= 15 is 0 Å². The van der Waals surface area contributed by atoms with Crippen LogP contribution in [0.5, 0.6) is 5.88 Å². The zero-order chi connectivity index (χ0) is 29.5. The molecule has 0 aliphatic carbocycles. The van der Waals surface area contributed by atoms with Gasteiger partial charge in [0.15, 0.2) is 5.82 Å². The quantitative estimate of drug-likeness (QED) is 0.225. The highest BCUT2D eigenvalue weighted by atomic mass is 16.5. The van der Waals surface area contributed by atoms with Gasteiger partial charge in [-0.1, -0.05) is 18.2 Å². The number of nitrogens with zero attached hydrogens (tertiary/aromatic N) is 6. The molecular formula is C31H37N9O2. The van der Waals surface area contributed by atoms with E-state index < -0.39 is 0 Å². The van der Waals surface area contributed by atoms with Crippen molar-refractivity contribution in [2.45, 2.75) is 32.8 Å². The highest BCUT2D eigenvalue weighted by molar-refractivity contribution is 6.01. The van der Waals surface area contributed by atoms with Gasteiger partial charge < -0.3 is 25.1 Å². The minimum atomic E-state index is 0.234. The average molecular weight is 568 g/mol. The molecule has 42 heavy (non-hydrogen) atoms. The van der Waals surface area contributed by atoms with E-state index in [1.165, 1.54) is 0 Å². The Bertz CT molecular complexity index is 1600. The number of H-pyrrole nitrogens is 1. The van der Waals surface area contributed by atoms with Crippen LogP contribution in [0.1, 0.15) is 24.1 Å². The Labute approximate surface area is 245 Å². The van der Waals surface area contributed by atoms with Crippen LogP contribution < -0.4 is 15.4 Å². The van der Waals surface area contributed by atoms with Crippen LogP contribution in [-0.2, 0) is 11.8 Å². The SMILES string of the molecule is CNc1cccc2c(-c3nc(Nc4cc(C)n(C)n4)ncc3C)c[nH]c12.O=CCN1CCC(Oc2ccccn2)CC1. The van der Waals surface area contributed by atoms with E-state index in [0.717, 1.165) is 77.1 Å². The second-order valence-corrected chi connectivity index (χ2v) is 10.3. The molecule has 0 unspecified atom stereocenters. The van der Waals surface area contributed by atoms with Gasteiger partial charge in [0.1, 0.15) is 12.4 Å². The molecule has 5 aromatic rings. The average Bonchev–Trinajstić information content (AvgIpc) is 3.58. The van der Waals surface area contributed by atoms with E-state index in [9.17, 15) is 4.79 Å². The van der Waals surface area contributed by atoms with Crippen LogP contribution in [0.2, 0.25) is 0 Å². The normalized spacial score (nSPS) is 13.8. The van der Waals surface area contributed by atoms with Gasteiger partial charge in [0, 0.05) is 74.6 Å². The molecule has 11 heteroatoms. The van der Waals surface area contributed by atoms with Gasteiger partial charge >= 0.3 is 0 Å². The molecular weight excluding hydrogens is 530 g/mol. The topological polar surface area (TPSA) is 126 Å². The Morgan fingerprint density at radius 3 is 2.64 bits per heavy atom. The molecule has 0 amide bonds. The van der Waals surface area contributed by atoms with Crippen molar-refractivity contribution in [3.8, 4) is 17.1 Å². The smallest absolute Gasteiger partial charge is 0.228 e. The maximum absolute atomic E-state index is 10.4. The van der Waals surface area contributed by atoms with Crippen LogP contribution in [0.25, 0.3) is 22.2 Å². The van der Waals surface area contributed by atoms with Crippen molar-refractivity contribution in [3.05, 3.63) is 72.3 Å². The lowest BCUT2D eigenvalue weighted by Gasteiger charge is -2.30. The highest BCUT2D eigenvalue weighted by Crippen LogP contribution is 2.33.